The van der Waals surface area contributed by atoms with Gasteiger partial charge in [0.15, 0.2) is 17.5 Å². The van der Waals surface area contributed by atoms with Crippen molar-refractivity contribution in [2.45, 2.75) is 32.2 Å². The molecule has 1 atom stereocenters. The van der Waals surface area contributed by atoms with Crippen LogP contribution in [-0.4, -0.2) is 33.5 Å². The highest BCUT2D eigenvalue weighted by atomic mass is 16.5. The van der Waals surface area contributed by atoms with Gasteiger partial charge in [-0.25, -0.2) is 9.97 Å². The number of benzene rings is 1. The van der Waals surface area contributed by atoms with Crippen LogP contribution in [0.3, 0.4) is 0 Å². The number of nitrogens with zero attached hydrogens (tertiary/aromatic N) is 4. The Hall–Kier alpha value is -2.57. The number of pyridine rings is 1. The number of methoxy groups -OCH3 is 1. The summed E-state index contributed by atoms with van der Waals surface area (Å²) < 4.78 is 6.93. The van der Waals surface area contributed by atoms with Crippen LogP contribution in [0.15, 0.2) is 48.5 Å². The predicted octanol–water partition coefficient (Wildman–Crippen LogP) is 2.58. The molecule has 0 saturated heterocycles. The Morgan fingerprint density at radius 2 is 1.85 bits per heavy atom. The van der Waals surface area contributed by atoms with Crippen LogP contribution in [0.2, 0.25) is 0 Å². The van der Waals surface area contributed by atoms with E-state index in [9.17, 15) is 0 Å². The van der Waals surface area contributed by atoms with Gasteiger partial charge < -0.3 is 10.5 Å². The van der Waals surface area contributed by atoms with Crippen LogP contribution in [0.25, 0.3) is 5.82 Å². The molecule has 0 fully saturated rings. The molecular weight excluding hydrogens is 326 g/mol. The average molecular weight is 351 g/mol. The van der Waals surface area contributed by atoms with Crippen molar-refractivity contribution < 1.29 is 4.74 Å². The fraction of sp³-hybridized carbons (Fsp3) is 0.350. The second-order valence-corrected chi connectivity index (χ2v) is 6.72. The van der Waals surface area contributed by atoms with Gasteiger partial charge in [0.2, 0.25) is 0 Å². The molecule has 26 heavy (non-hydrogen) atoms. The quantitative estimate of drug-likeness (QED) is 0.708. The van der Waals surface area contributed by atoms with Gasteiger partial charge in [0, 0.05) is 19.2 Å². The maximum absolute atomic E-state index is 6.71. The van der Waals surface area contributed by atoms with Crippen LogP contribution in [0.4, 0.5) is 0 Å². The molecule has 0 bridgehead atoms. The number of ether oxygens (including phenoxy) is 1. The van der Waals surface area contributed by atoms with Crippen molar-refractivity contribution in [2.24, 2.45) is 5.73 Å². The van der Waals surface area contributed by atoms with Gasteiger partial charge in [-0.2, -0.15) is 4.68 Å². The molecule has 2 N–H and O–H groups in total. The van der Waals surface area contributed by atoms with Gasteiger partial charge >= 0.3 is 0 Å². The monoisotopic (exact) mass is 351 g/mol. The zero-order valence-corrected chi connectivity index (χ0v) is 15.5. The number of nitrogens with two attached hydrogens (primary N) is 1. The maximum atomic E-state index is 6.71. The highest BCUT2D eigenvalue weighted by Crippen LogP contribution is 2.23. The van der Waals surface area contributed by atoms with Gasteiger partial charge in [-0.1, -0.05) is 36.4 Å². The molecular formula is C20H25N5O. The first kappa shape index (κ1) is 18.2. The van der Waals surface area contributed by atoms with E-state index in [1.807, 2.05) is 50.2 Å². The maximum Gasteiger partial charge on any atom is 0.155 e. The van der Waals surface area contributed by atoms with E-state index in [0.29, 0.717) is 31.1 Å². The lowest BCUT2D eigenvalue weighted by Gasteiger charge is -2.24. The number of aryl methyl sites for hydroxylation is 1. The van der Waals surface area contributed by atoms with Crippen LogP contribution in [0, 0.1) is 6.92 Å². The third-order valence-electron chi connectivity index (χ3n) is 4.20. The Balaban J connectivity index is 2.02. The molecule has 6 heteroatoms. The van der Waals surface area contributed by atoms with E-state index in [2.05, 4.69) is 22.2 Å². The third-order valence-corrected chi connectivity index (χ3v) is 4.20. The molecule has 0 unspecified atom stereocenters. The second-order valence-electron chi connectivity index (χ2n) is 6.72. The number of rotatable bonds is 7. The zero-order chi connectivity index (χ0) is 18.6. The highest BCUT2D eigenvalue weighted by molar-refractivity contribution is 5.28. The van der Waals surface area contributed by atoms with E-state index in [1.54, 1.807) is 11.8 Å². The molecule has 136 valence electrons. The van der Waals surface area contributed by atoms with E-state index in [4.69, 9.17) is 15.5 Å². The molecule has 3 rings (SSSR count). The van der Waals surface area contributed by atoms with Crippen molar-refractivity contribution in [2.75, 3.05) is 13.7 Å². The summed E-state index contributed by atoms with van der Waals surface area (Å²) in [5, 5.41) is 4.65. The molecule has 2 aromatic heterocycles. The summed E-state index contributed by atoms with van der Waals surface area (Å²) in [6, 6.07) is 16.0. The summed E-state index contributed by atoms with van der Waals surface area (Å²) in [4.78, 5) is 9.32. The fourth-order valence-electron chi connectivity index (χ4n) is 2.93. The van der Waals surface area contributed by atoms with E-state index >= 15 is 0 Å². The molecule has 0 aliphatic carbocycles. The Kier molecular flexibility index (Phi) is 5.44. The molecule has 0 amide bonds. The lowest BCUT2D eigenvalue weighted by atomic mass is 9.93. The minimum Gasteiger partial charge on any atom is -0.384 e. The topological polar surface area (TPSA) is 78.9 Å². The van der Waals surface area contributed by atoms with Crippen LogP contribution in [-0.2, 0) is 23.1 Å². The van der Waals surface area contributed by atoms with E-state index in [0.717, 1.165) is 17.1 Å². The van der Waals surface area contributed by atoms with Crippen molar-refractivity contribution in [3.8, 4) is 5.82 Å². The second kappa shape index (κ2) is 7.76. The van der Waals surface area contributed by atoms with Gasteiger partial charge in [-0.3, -0.25) is 0 Å². The molecule has 0 spiro atoms. The lowest BCUT2D eigenvalue weighted by molar-refractivity contribution is 0.200. The van der Waals surface area contributed by atoms with Crippen molar-refractivity contribution >= 4 is 0 Å². The minimum atomic E-state index is -0.689. The van der Waals surface area contributed by atoms with E-state index in [-0.39, 0.29) is 0 Å². The van der Waals surface area contributed by atoms with Crippen molar-refractivity contribution in [3.05, 3.63) is 71.4 Å². The standard InChI is InChI=1S/C20H25N5O/c1-15-8-7-11-18(22-15)25-19(23-17(24-25)12-13-26-3)20(2,21)14-16-9-5-4-6-10-16/h4-11H,12-14,21H2,1-3H3/t20-/m0/s1. The van der Waals surface area contributed by atoms with Crippen LogP contribution < -0.4 is 5.73 Å². The van der Waals surface area contributed by atoms with Gasteiger partial charge in [0.05, 0.1) is 12.1 Å². The molecule has 1 aromatic carbocycles. The third kappa shape index (κ3) is 4.15. The number of aromatic nitrogens is 4. The Bertz CT molecular complexity index is 858. The predicted molar refractivity (Wildman–Crippen MR) is 101 cm³/mol. The summed E-state index contributed by atoms with van der Waals surface area (Å²) in [6.07, 6.45) is 1.28. The van der Waals surface area contributed by atoms with Crippen LogP contribution in [0.1, 0.15) is 29.8 Å². The Morgan fingerprint density at radius 3 is 2.54 bits per heavy atom. The minimum absolute atomic E-state index is 0.560. The van der Waals surface area contributed by atoms with Crippen molar-refractivity contribution in [1.82, 2.24) is 19.7 Å². The SMILES string of the molecule is COCCc1nc([C@@](C)(N)Cc2ccccc2)n(-c2cccc(C)n2)n1. The summed E-state index contributed by atoms with van der Waals surface area (Å²) in [5.41, 5.74) is 8.09. The largest absolute Gasteiger partial charge is 0.384 e. The summed E-state index contributed by atoms with van der Waals surface area (Å²) in [6.45, 7) is 4.50. The summed E-state index contributed by atoms with van der Waals surface area (Å²) in [5.74, 6) is 2.13. The molecule has 0 saturated carbocycles. The van der Waals surface area contributed by atoms with Crippen molar-refractivity contribution in [3.63, 3.8) is 0 Å². The lowest BCUT2D eigenvalue weighted by Crippen LogP contribution is -2.38. The van der Waals surface area contributed by atoms with E-state index < -0.39 is 5.54 Å². The first-order chi connectivity index (χ1) is 12.5. The summed E-state index contributed by atoms with van der Waals surface area (Å²) >= 11 is 0. The zero-order valence-electron chi connectivity index (χ0n) is 15.5. The molecule has 0 radical (unpaired) electrons. The van der Waals surface area contributed by atoms with Gasteiger partial charge in [-0.05, 0) is 38.0 Å². The van der Waals surface area contributed by atoms with Gasteiger partial charge in [-0.15, -0.1) is 5.10 Å². The highest BCUT2D eigenvalue weighted by Gasteiger charge is 2.30. The smallest absolute Gasteiger partial charge is 0.155 e. The molecule has 0 aliphatic rings. The molecule has 3 aromatic rings. The molecule has 2 heterocycles. The van der Waals surface area contributed by atoms with Crippen molar-refractivity contribution in [1.29, 1.82) is 0 Å². The Labute approximate surface area is 154 Å². The first-order valence-electron chi connectivity index (χ1n) is 8.72. The molecule has 6 nitrogen and oxygen atoms in total. The number of hydrogen-bond acceptors (Lipinski definition) is 5. The molecule has 0 aliphatic heterocycles. The van der Waals surface area contributed by atoms with Crippen LogP contribution in [0.5, 0.6) is 0 Å². The Morgan fingerprint density at radius 1 is 1.08 bits per heavy atom. The summed E-state index contributed by atoms with van der Waals surface area (Å²) in [7, 11) is 1.67. The normalized spacial score (nSPS) is 13.5. The van der Waals surface area contributed by atoms with Gasteiger partial charge in [0.25, 0.3) is 0 Å². The van der Waals surface area contributed by atoms with E-state index in [1.165, 1.54) is 0 Å². The van der Waals surface area contributed by atoms with Crippen LogP contribution >= 0.6 is 0 Å². The number of hydrogen-bond donors (Lipinski definition) is 1. The fourth-order valence-corrected chi connectivity index (χ4v) is 2.93. The first-order valence-corrected chi connectivity index (χ1v) is 8.72. The van der Waals surface area contributed by atoms with Gasteiger partial charge in [0.1, 0.15) is 0 Å². The average Bonchev–Trinajstić information content (AvgIpc) is 3.06.